The van der Waals surface area contributed by atoms with Gasteiger partial charge in [-0.15, -0.1) is 0 Å². The van der Waals surface area contributed by atoms with Crippen LogP contribution in [-0.2, 0) is 14.4 Å². The molecule has 26 heavy (non-hydrogen) atoms. The third kappa shape index (κ3) is 2.01. The van der Waals surface area contributed by atoms with Gasteiger partial charge >= 0.3 is 0 Å². The van der Waals surface area contributed by atoms with Gasteiger partial charge in [-0.25, -0.2) is 0 Å². The topological polar surface area (TPSA) is 91.7 Å². The number of carbonyl (C=O) groups excluding carboxylic acids is 3. The molecule has 0 amide bonds. The Balaban J connectivity index is 1.76. The van der Waals surface area contributed by atoms with Crippen molar-refractivity contribution >= 4 is 17.3 Å². The molecule has 3 unspecified atom stereocenters. The van der Waals surface area contributed by atoms with E-state index in [0.717, 1.165) is 18.4 Å². The summed E-state index contributed by atoms with van der Waals surface area (Å²) < 4.78 is 0. The maximum absolute atomic E-state index is 13.3. The number of hydrogen-bond acceptors (Lipinski definition) is 5. The van der Waals surface area contributed by atoms with Crippen LogP contribution in [0.1, 0.15) is 46.0 Å². The normalized spacial score (nSPS) is 47.1. The monoisotopic (exact) mass is 358 g/mol. The van der Waals surface area contributed by atoms with Crippen LogP contribution in [-0.4, -0.2) is 39.8 Å². The maximum atomic E-state index is 13.3. The summed E-state index contributed by atoms with van der Waals surface area (Å²) >= 11 is 0. The molecule has 3 saturated carbocycles. The summed E-state index contributed by atoms with van der Waals surface area (Å²) in [4.78, 5) is 37.4. The standard InChI is InChI=1S/C21H26O5/c1-19-7-5-13(23)9-12(19)3-4-14-15-6-8-21(26,17(25)11-22)20(15,2)10-16(24)18(14)19/h5,7,9,14-15,18,22,26H,3-4,6,8,10-11H2,1-2H3/t14?,15-,18+,19?,20-,21?/m0/s1. The Kier molecular flexibility index (Phi) is 3.74. The number of rotatable bonds is 2. The highest BCUT2D eigenvalue weighted by molar-refractivity contribution is 6.02. The summed E-state index contributed by atoms with van der Waals surface area (Å²) in [6, 6.07) is 0. The number of aliphatic hydroxyl groups excluding tert-OH is 1. The molecular weight excluding hydrogens is 332 g/mol. The van der Waals surface area contributed by atoms with E-state index in [2.05, 4.69) is 0 Å². The Hall–Kier alpha value is -1.59. The third-order valence-corrected chi connectivity index (χ3v) is 8.01. The summed E-state index contributed by atoms with van der Waals surface area (Å²) in [6.07, 6.45) is 7.82. The van der Waals surface area contributed by atoms with Crippen molar-refractivity contribution in [3.8, 4) is 0 Å². The molecule has 3 fully saturated rings. The molecule has 0 bridgehead atoms. The zero-order chi connectivity index (χ0) is 18.9. The molecule has 0 saturated heterocycles. The van der Waals surface area contributed by atoms with E-state index >= 15 is 0 Å². The van der Waals surface area contributed by atoms with E-state index in [4.69, 9.17) is 0 Å². The summed E-state index contributed by atoms with van der Waals surface area (Å²) in [5.41, 5.74) is -1.86. The van der Waals surface area contributed by atoms with Crippen LogP contribution in [0.4, 0.5) is 0 Å². The van der Waals surface area contributed by atoms with Crippen LogP contribution in [0.25, 0.3) is 0 Å². The Bertz CT molecular complexity index is 764. The Labute approximate surface area is 153 Å². The molecule has 0 aromatic carbocycles. The molecule has 5 heteroatoms. The zero-order valence-corrected chi connectivity index (χ0v) is 15.3. The first-order valence-electron chi connectivity index (χ1n) is 9.51. The number of ketones is 3. The highest BCUT2D eigenvalue weighted by atomic mass is 16.3. The van der Waals surface area contributed by atoms with E-state index in [1.54, 1.807) is 12.2 Å². The van der Waals surface area contributed by atoms with Crippen LogP contribution in [0.5, 0.6) is 0 Å². The molecule has 140 valence electrons. The van der Waals surface area contributed by atoms with Crippen molar-refractivity contribution in [2.45, 2.75) is 51.6 Å². The lowest BCUT2D eigenvalue weighted by Gasteiger charge is -2.56. The summed E-state index contributed by atoms with van der Waals surface area (Å²) in [5.74, 6) is -0.590. The molecule has 5 nitrogen and oxygen atoms in total. The number of Topliss-reactive ketones (excluding diaryl/α,β-unsaturated/α-hetero) is 2. The molecule has 0 radical (unpaired) electrons. The summed E-state index contributed by atoms with van der Waals surface area (Å²) in [5, 5.41) is 20.5. The predicted octanol–water partition coefficient (Wildman–Crippen LogP) is 1.77. The molecule has 0 spiro atoms. The highest BCUT2D eigenvalue weighted by Crippen LogP contribution is 2.66. The van der Waals surface area contributed by atoms with Gasteiger partial charge in [-0.3, -0.25) is 14.4 Å². The lowest BCUT2D eigenvalue weighted by molar-refractivity contribution is -0.168. The minimum Gasteiger partial charge on any atom is -0.388 e. The van der Waals surface area contributed by atoms with Crippen molar-refractivity contribution in [2.75, 3.05) is 6.61 Å². The van der Waals surface area contributed by atoms with E-state index < -0.39 is 28.8 Å². The Morgan fingerprint density at radius 3 is 2.69 bits per heavy atom. The van der Waals surface area contributed by atoms with Gasteiger partial charge in [0.15, 0.2) is 11.6 Å². The van der Waals surface area contributed by atoms with Crippen LogP contribution in [0, 0.1) is 28.6 Å². The van der Waals surface area contributed by atoms with E-state index in [1.165, 1.54) is 0 Å². The van der Waals surface area contributed by atoms with E-state index in [0.29, 0.717) is 12.8 Å². The van der Waals surface area contributed by atoms with Crippen molar-refractivity contribution in [3.63, 3.8) is 0 Å². The minimum absolute atomic E-state index is 0.0206. The number of carbonyl (C=O) groups is 3. The predicted molar refractivity (Wildman–Crippen MR) is 94.0 cm³/mol. The lowest BCUT2D eigenvalue weighted by atomic mass is 9.46. The first-order chi connectivity index (χ1) is 12.2. The molecule has 4 aliphatic carbocycles. The number of allylic oxidation sites excluding steroid dienone is 4. The Morgan fingerprint density at radius 2 is 2.00 bits per heavy atom. The van der Waals surface area contributed by atoms with Crippen LogP contribution in [0.2, 0.25) is 0 Å². The third-order valence-electron chi connectivity index (χ3n) is 8.01. The molecule has 2 N–H and O–H groups in total. The molecule has 4 rings (SSSR count). The van der Waals surface area contributed by atoms with Gasteiger partial charge in [0.1, 0.15) is 18.0 Å². The van der Waals surface area contributed by atoms with Gasteiger partial charge in [0, 0.05) is 23.2 Å². The smallest absolute Gasteiger partial charge is 0.190 e. The van der Waals surface area contributed by atoms with Gasteiger partial charge in [-0.1, -0.05) is 25.5 Å². The van der Waals surface area contributed by atoms with Crippen LogP contribution in [0.15, 0.2) is 23.8 Å². The average molecular weight is 358 g/mol. The van der Waals surface area contributed by atoms with Gasteiger partial charge in [-0.2, -0.15) is 0 Å². The van der Waals surface area contributed by atoms with Gasteiger partial charge in [0.05, 0.1) is 0 Å². The average Bonchev–Trinajstić information content (AvgIpc) is 2.86. The molecule has 6 atom stereocenters. The number of hydrogen-bond donors (Lipinski definition) is 2. The van der Waals surface area contributed by atoms with Gasteiger partial charge < -0.3 is 10.2 Å². The second-order valence-corrected chi connectivity index (χ2v) is 9.02. The first-order valence-corrected chi connectivity index (χ1v) is 9.51. The number of aliphatic hydroxyl groups is 2. The van der Waals surface area contributed by atoms with Crippen LogP contribution < -0.4 is 0 Å². The van der Waals surface area contributed by atoms with Gasteiger partial charge in [-0.05, 0) is 49.7 Å². The SMILES string of the molecule is CC12C=CC(=O)C=C1CCC1[C@@H]2C(=O)C[C@@]2(C)[C@H]1CCC2(O)C(=O)CO. The minimum atomic E-state index is -1.62. The van der Waals surface area contributed by atoms with E-state index in [9.17, 15) is 24.6 Å². The van der Waals surface area contributed by atoms with E-state index in [1.807, 2.05) is 19.9 Å². The molecule has 0 aliphatic heterocycles. The number of fused-ring (bicyclic) bond motifs is 5. The fraction of sp³-hybridized carbons (Fsp3) is 0.667. The van der Waals surface area contributed by atoms with Gasteiger partial charge in [0.2, 0.25) is 0 Å². The molecule has 0 heterocycles. The fourth-order valence-electron chi connectivity index (χ4n) is 6.62. The highest BCUT2D eigenvalue weighted by Gasteiger charge is 2.68. The van der Waals surface area contributed by atoms with Crippen LogP contribution in [0.3, 0.4) is 0 Å². The molecule has 0 aromatic heterocycles. The largest absolute Gasteiger partial charge is 0.388 e. The van der Waals surface area contributed by atoms with Crippen LogP contribution >= 0.6 is 0 Å². The second-order valence-electron chi connectivity index (χ2n) is 9.02. The van der Waals surface area contributed by atoms with Gasteiger partial charge in [0.25, 0.3) is 0 Å². The Morgan fingerprint density at radius 1 is 1.27 bits per heavy atom. The summed E-state index contributed by atoms with van der Waals surface area (Å²) in [7, 11) is 0. The molecule has 4 aliphatic rings. The van der Waals surface area contributed by atoms with E-state index in [-0.39, 0.29) is 35.7 Å². The molecule has 0 aromatic rings. The van der Waals surface area contributed by atoms with Crippen molar-refractivity contribution in [1.82, 2.24) is 0 Å². The van der Waals surface area contributed by atoms with Crippen molar-refractivity contribution < 1.29 is 24.6 Å². The van der Waals surface area contributed by atoms with Crippen molar-refractivity contribution in [3.05, 3.63) is 23.8 Å². The quantitative estimate of drug-likeness (QED) is 0.785. The second kappa shape index (κ2) is 5.46. The fourth-order valence-corrected chi connectivity index (χ4v) is 6.62. The zero-order valence-electron chi connectivity index (χ0n) is 15.3. The maximum Gasteiger partial charge on any atom is 0.190 e. The molecular formula is C21H26O5. The first kappa shape index (κ1) is 17.8. The van der Waals surface area contributed by atoms with Crippen molar-refractivity contribution in [2.24, 2.45) is 28.6 Å². The lowest BCUT2D eigenvalue weighted by Crippen LogP contribution is -2.60. The van der Waals surface area contributed by atoms with Crippen molar-refractivity contribution in [1.29, 1.82) is 0 Å². The summed E-state index contributed by atoms with van der Waals surface area (Å²) in [6.45, 7) is 3.19.